The molecule has 0 bridgehead atoms. The summed E-state index contributed by atoms with van der Waals surface area (Å²) in [7, 11) is 0. The molecule has 8 rings (SSSR count). The maximum atomic E-state index is 8.70. The molecule has 0 aliphatic heterocycles. The summed E-state index contributed by atoms with van der Waals surface area (Å²) in [5, 5.41) is 2.03. The Morgan fingerprint density at radius 3 is 2.25 bits per heavy atom. The molecule has 0 unspecified atom stereocenters. The molecular weight excluding hydrogens is 925 g/mol. The van der Waals surface area contributed by atoms with E-state index in [1.807, 2.05) is 69.4 Å². The fourth-order valence-corrected chi connectivity index (χ4v) is 10.1. The molecule has 56 heavy (non-hydrogen) atoms. The fraction of sp³-hybridized carbons (Fsp3) is 0.286. The molecule has 0 amide bonds. The molecule has 0 aliphatic carbocycles. The van der Waals surface area contributed by atoms with E-state index >= 15 is 0 Å². The first-order valence-corrected chi connectivity index (χ1v) is 26.5. The average molecular weight is 980 g/mol. The second-order valence-corrected chi connectivity index (χ2v) is 27.5. The van der Waals surface area contributed by atoms with Gasteiger partial charge >= 0.3 is 154 Å². The van der Waals surface area contributed by atoms with Crippen LogP contribution in [0.2, 0.25) is 17.3 Å². The van der Waals surface area contributed by atoms with Crippen molar-refractivity contribution in [2.24, 2.45) is 5.92 Å². The van der Waals surface area contributed by atoms with Gasteiger partial charge in [0.2, 0.25) is 5.71 Å². The number of nitrogens with zero attached hydrogens (tertiary/aromatic N) is 4. The van der Waals surface area contributed by atoms with Crippen molar-refractivity contribution in [3.05, 3.63) is 137 Å². The Kier molecular flexibility index (Phi) is 11.2. The molecule has 289 valence electrons. The number of para-hydroxylation sites is 3. The third-order valence-electron chi connectivity index (χ3n) is 9.98. The van der Waals surface area contributed by atoms with Crippen molar-refractivity contribution in [1.82, 2.24) is 19.5 Å². The Morgan fingerprint density at radius 2 is 1.55 bits per heavy atom. The van der Waals surface area contributed by atoms with E-state index in [4.69, 9.17) is 17.1 Å². The van der Waals surface area contributed by atoms with Gasteiger partial charge in [0.15, 0.2) is 0 Å². The second kappa shape index (κ2) is 16.2. The van der Waals surface area contributed by atoms with Crippen molar-refractivity contribution in [3.63, 3.8) is 0 Å². The van der Waals surface area contributed by atoms with Crippen LogP contribution in [0, 0.1) is 38.8 Å². The van der Waals surface area contributed by atoms with Gasteiger partial charge in [-0.25, -0.2) is 4.98 Å². The van der Waals surface area contributed by atoms with Gasteiger partial charge in [-0.3, -0.25) is 4.98 Å². The van der Waals surface area contributed by atoms with Gasteiger partial charge < -0.3 is 8.98 Å². The van der Waals surface area contributed by atoms with Gasteiger partial charge in [0.25, 0.3) is 0 Å². The Morgan fingerprint density at radius 1 is 0.839 bits per heavy atom. The normalized spacial score (nSPS) is 12.7. The third kappa shape index (κ3) is 8.34. The molecule has 4 heterocycles. The fourth-order valence-electron chi connectivity index (χ4n) is 7.17. The van der Waals surface area contributed by atoms with E-state index in [1.54, 1.807) is 0 Å². The van der Waals surface area contributed by atoms with Crippen LogP contribution in [0.4, 0.5) is 0 Å². The number of fused-ring (bicyclic) bond motifs is 4. The number of aromatic nitrogens is 4. The standard InChI is InChI=1S/C27H20N3O.C22H32GeN.Ir/c1-16-8-6-9-17(2)24(16)30-23-13-5-4-12-22(23)29-26(30)21-11-7-10-19-20-15-14-18(3)28-27(20)31-25(19)21;1-16(2)12-18-14-21(24-15-20(18)23(6,7)8)17-10-9-11-19(13-17)22(3,4)5;/h4-10,12-15H,1-3H3;9,11,13-16H,12H2,1-8H3;/q2*-1;/i;12D2;. The van der Waals surface area contributed by atoms with Gasteiger partial charge in [-0.2, -0.15) is 0 Å². The molecular formula is C49H52GeIrN4O-2. The van der Waals surface area contributed by atoms with Crippen LogP contribution in [0.25, 0.3) is 61.4 Å². The summed E-state index contributed by atoms with van der Waals surface area (Å²) in [4.78, 5) is 14.3. The van der Waals surface area contributed by atoms with Crippen molar-refractivity contribution in [2.75, 3.05) is 0 Å². The zero-order valence-corrected chi connectivity index (χ0v) is 38.8. The molecule has 0 saturated carbocycles. The summed E-state index contributed by atoms with van der Waals surface area (Å²) in [6.45, 7) is 16.7. The van der Waals surface area contributed by atoms with Crippen LogP contribution in [0.3, 0.4) is 0 Å². The van der Waals surface area contributed by atoms with Crippen LogP contribution in [0.15, 0.2) is 102 Å². The predicted octanol–water partition coefficient (Wildman–Crippen LogP) is 12.3. The average Bonchev–Trinajstić information content (AvgIpc) is 3.72. The van der Waals surface area contributed by atoms with Crippen molar-refractivity contribution in [1.29, 1.82) is 0 Å². The second-order valence-electron chi connectivity index (χ2n) is 16.9. The molecule has 0 N–H and O–H groups in total. The minimum absolute atomic E-state index is 0. The monoisotopic (exact) mass is 981 g/mol. The molecule has 5 nitrogen and oxygen atoms in total. The van der Waals surface area contributed by atoms with E-state index in [-0.39, 0.29) is 31.4 Å². The number of hydrogen-bond acceptors (Lipinski definition) is 4. The zero-order chi connectivity index (χ0) is 41.0. The molecule has 7 heteroatoms. The Bertz CT molecular complexity index is 2750. The molecule has 1 radical (unpaired) electrons. The smallest absolute Gasteiger partial charge is 0 e. The van der Waals surface area contributed by atoms with Gasteiger partial charge in [-0.15, -0.1) is 18.2 Å². The van der Waals surface area contributed by atoms with Gasteiger partial charge in [0.05, 0.1) is 22.4 Å². The number of benzene rings is 4. The first-order chi connectivity index (χ1) is 26.9. The van der Waals surface area contributed by atoms with Crippen LogP contribution in [-0.4, -0.2) is 32.8 Å². The zero-order valence-electron chi connectivity index (χ0n) is 36.3. The minimum Gasteiger partial charge on any atom is 0 e. The van der Waals surface area contributed by atoms with Gasteiger partial charge in [-0.1, -0.05) is 41.3 Å². The summed E-state index contributed by atoms with van der Waals surface area (Å²) >= 11 is -2.25. The van der Waals surface area contributed by atoms with Crippen LogP contribution in [0.5, 0.6) is 0 Å². The van der Waals surface area contributed by atoms with E-state index in [0.717, 1.165) is 71.4 Å². The summed E-state index contributed by atoms with van der Waals surface area (Å²) in [5.41, 5.74) is 12.6. The quantitative estimate of drug-likeness (QED) is 0.123. The SMILES string of the molecule is Cc1ccc2c(n1)oc1c(-c3nc4ccccc4n3-c3c(C)cccc3C)[c-]ccc12.[2H]C([2H])(c1cc(-c2[c-]ccc(C(C)(C)C)c2)nc[c]1[Ge]([CH3])([CH3])[CH3])C(C)C.[Ir]. The van der Waals surface area contributed by atoms with Crippen LogP contribution >= 0.6 is 0 Å². The van der Waals surface area contributed by atoms with Crippen LogP contribution < -0.4 is 4.40 Å². The Labute approximate surface area is 351 Å². The molecule has 0 fully saturated rings. The van der Waals surface area contributed by atoms with E-state index < -0.39 is 19.6 Å². The maximum Gasteiger partial charge on any atom is 0 e. The Balaban J connectivity index is 0.000000196. The van der Waals surface area contributed by atoms with Crippen molar-refractivity contribution >= 4 is 50.8 Å². The summed E-state index contributed by atoms with van der Waals surface area (Å²) in [6, 6.07) is 37.5. The van der Waals surface area contributed by atoms with Gasteiger partial charge in [-0.05, 0) is 56.2 Å². The van der Waals surface area contributed by atoms with Crippen LogP contribution in [-0.2, 0) is 31.9 Å². The summed E-state index contributed by atoms with van der Waals surface area (Å²) in [6.07, 6.45) is 0.565. The molecule has 4 aromatic carbocycles. The minimum atomic E-state index is -2.25. The number of hydrogen-bond donors (Lipinski definition) is 0. The summed E-state index contributed by atoms with van der Waals surface area (Å²) in [5.74, 6) is 7.61. The third-order valence-corrected chi connectivity index (χ3v) is 14.2. The maximum absolute atomic E-state index is 8.70. The molecule has 0 atom stereocenters. The van der Waals surface area contributed by atoms with Gasteiger partial charge in [0.1, 0.15) is 0 Å². The number of furan rings is 1. The topological polar surface area (TPSA) is 56.7 Å². The van der Waals surface area contributed by atoms with Crippen LogP contribution in [0.1, 0.15) is 65.3 Å². The molecule has 0 spiro atoms. The molecule has 8 aromatic rings. The Hall–Kier alpha value is -4.36. The first kappa shape index (κ1) is 38.5. The van der Waals surface area contributed by atoms with Crippen molar-refractivity contribution < 1.29 is 27.3 Å². The van der Waals surface area contributed by atoms with E-state index in [2.05, 4.69) is 122 Å². The molecule has 0 aliphatic rings. The van der Waals surface area contributed by atoms with Gasteiger partial charge in [0, 0.05) is 36.9 Å². The number of aryl methyl sites for hydroxylation is 3. The van der Waals surface area contributed by atoms with Crippen molar-refractivity contribution in [2.45, 2.75) is 84.4 Å². The van der Waals surface area contributed by atoms with E-state index in [1.165, 1.54) is 16.7 Å². The molecule has 4 aromatic heterocycles. The largest absolute Gasteiger partial charge is 0 e. The first-order valence-electron chi connectivity index (χ1n) is 20.1. The number of imidazole rings is 1. The number of rotatable bonds is 6. The predicted molar refractivity (Wildman–Crippen MR) is 233 cm³/mol. The summed E-state index contributed by atoms with van der Waals surface area (Å²) < 4.78 is 27.1. The molecule has 0 saturated heterocycles. The van der Waals surface area contributed by atoms with E-state index in [9.17, 15) is 0 Å². The van der Waals surface area contributed by atoms with E-state index in [0.29, 0.717) is 5.71 Å². The van der Waals surface area contributed by atoms with Crippen molar-refractivity contribution in [3.8, 4) is 28.3 Å². The number of pyridine rings is 2.